The third-order valence-corrected chi connectivity index (χ3v) is 4.16. The summed E-state index contributed by atoms with van der Waals surface area (Å²) < 4.78 is 29.6. The molecule has 0 spiro atoms. The third kappa shape index (κ3) is 3.81. The second-order valence-corrected chi connectivity index (χ2v) is 6.01. The topological polar surface area (TPSA) is 75.6 Å². The zero-order valence-electron chi connectivity index (χ0n) is 11.6. The predicted octanol–water partition coefficient (Wildman–Crippen LogP) is 1.71. The van der Waals surface area contributed by atoms with Gasteiger partial charge in [-0.25, -0.2) is 0 Å². The third-order valence-electron chi connectivity index (χ3n) is 2.91. The Morgan fingerprint density at radius 1 is 1.10 bits per heavy atom. The average Bonchev–Trinajstić information content (AvgIpc) is 2.48. The van der Waals surface area contributed by atoms with Crippen LogP contribution in [-0.2, 0) is 10.1 Å². The van der Waals surface area contributed by atoms with Gasteiger partial charge in [0.25, 0.3) is 0 Å². The molecule has 2 aromatic rings. The summed E-state index contributed by atoms with van der Waals surface area (Å²) in [6.45, 7) is 0.297. The summed E-state index contributed by atoms with van der Waals surface area (Å²) >= 11 is 0. The van der Waals surface area contributed by atoms with Crippen LogP contribution in [-0.4, -0.2) is 27.1 Å². The van der Waals surface area contributed by atoms with Crippen LogP contribution in [0.5, 0.6) is 5.75 Å². The lowest BCUT2D eigenvalue weighted by Gasteiger charge is -2.15. The van der Waals surface area contributed by atoms with E-state index in [0.717, 1.165) is 0 Å². The summed E-state index contributed by atoms with van der Waals surface area (Å²) in [5.41, 5.74) is 0.423. The lowest BCUT2D eigenvalue weighted by molar-refractivity contribution is 0.175. The molecule has 0 aliphatic rings. The molecule has 112 valence electrons. The summed E-state index contributed by atoms with van der Waals surface area (Å²) in [6.07, 6.45) is -0.850. The van der Waals surface area contributed by atoms with Crippen molar-refractivity contribution in [3.05, 3.63) is 60.2 Å². The molecule has 0 bridgehead atoms. The van der Waals surface area contributed by atoms with Gasteiger partial charge in [0, 0.05) is 12.1 Å². The Balaban J connectivity index is 2.32. The van der Waals surface area contributed by atoms with E-state index in [2.05, 4.69) is 5.32 Å². The Hall–Kier alpha value is -1.89. The summed E-state index contributed by atoms with van der Waals surface area (Å²) in [5.74, 6) is 0.129. The quantitative estimate of drug-likeness (QED) is 0.795. The molecule has 0 radical (unpaired) electrons. The van der Waals surface area contributed by atoms with Crippen LogP contribution in [0.25, 0.3) is 0 Å². The Labute approximate surface area is 124 Å². The number of hydrogen-bond acceptors (Lipinski definition) is 5. The number of likely N-dealkylation sites (N-methyl/N-ethyl adjacent to an activating group) is 1. The first-order valence-corrected chi connectivity index (χ1v) is 7.86. The molecule has 2 rings (SSSR count). The molecule has 2 aromatic carbocycles. The Morgan fingerprint density at radius 3 is 2.38 bits per heavy atom. The first-order valence-electron chi connectivity index (χ1n) is 6.45. The first kappa shape index (κ1) is 15.5. The molecule has 2 N–H and O–H groups in total. The van der Waals surface area contributed by atoms with Crippen LogP contribution in [0.15, 0.2) is 59.5 Å². The van der Waals surface area contributed by atoms with Crippen molar-refractivity contribution in [3.63, 3.8) is 0 Å². The van der Waals surface area contributed by atoms with E-state index in [-0.39, 0.29) is 10.6 Å². The molecular weight excluding hydrogens is 290 g/mol. The molecule has 0 fully saturated rings. The normalized spacial score (nSPS) is 12.9. The molecule has 1 atom stereocenters. The van der Waals surface area contributed by atoms with Gasteiger partial charge in [0.1, 0.15) is 10.6 Å². The number of para-hydroxylation sites is 1. The van der Waals surface area contributed by atoms with Crippen molar-refractivity contribution in [2.24, 2.45) is 0 Å². The first-order chi connectivity index (χ1) is 10.0. The van der Waals surface area contributed by atoms with Crippen LogP contribution < -0.4 is 9.50 Å². The van der Waals surface area contributed by atoms with E-state index in [4.69, 9.17) is 4.18 Å². The van der Waals surface area contributed by atoms with E-state index < -0.39 is 16.2 Å². The van der Waals surface area contributed by atoms with Gasteiger partial charge in [-0.15, -0.1) is 0 Å². The molecule has 21 heavy (non-hydrogen) atoms. The molecule has 0 aromatic heterocycles. The van der Waals surface area contributed by atoms with Crippen molar-refractivity contribution >= 4 is 10.1 Å². The van der Waals surface area contributed by atoms with E-state index in [9.17, 15) is 13.5 Å². The number of hydrogen-bond donors (Lipinski definition) is 2. The number of rotatable bonds is 6. The van der Waals surface area contributed by atoms with Crippen molar-refractivity contribution in [1.29, 1.82) is 0 Å². The maximum absolute atomic E-state index is 12.2. The number of aliphatic hydroxyl groups is 1. The SMILES string of the molecule is CNC[C@@H](O)c1ccccc1OS(=O)(=O)c1ccccc1. The molecule has 0 unspecified atom stereocenters. The van der Waals surface area contributed by atoms with Gasteiger partial charge in [-0.3, -0.25) is 0 Å². The molecule has 0 amide bonds. The largest absolute Gasteiger partial charge is 0.387 e. The molecule has 0 aliphatic carbocycles. The molecule has 0 heterocycles. The minimum atomic E-state index is -3.92. The lowest BCUT2D eigenvalue weighted by atomic mass is 10.1. The second-order valence-electron chi connectivity index (χ2n) is 4.46. The summed E-state index contributed by atoms with van der Waals surface area (Å²) in [5, 5.41) is 12.9. The van der Waals surface area contributed by atoms with E-state index in [1.165, 1.54) is 18.2 Å². The average molecular weight is 307 g/mol. The smallest absolute Gasteiger partial charge is 0.339 e. The van der Waals surface area contributed by atoms with Gasteiger partial charge in [0.15, 0.2) is 0 Å². The maximum Gasteiger partial charge on any atom is 0.339 e. The van der Waals surface area contributed by atoms with Crippen molar-refractivity contribution in [2.75, 3.05) is 13.6 Å². The van der Waals surface area contributed by atoms with E-state index in [1.54, 1.807) is 43.4 Å². The molecule has 0 saturated heterocycles. The fourth-order valence-electron chi connectivity index (χ4n) is 1.89. The summed E-state index contributed by atoms with van der Waals surface area (Å²) in [6, 6.07) is 14.4. The molecule has 0 aliphatic heterocycles. The molecule has 5 nitrogen and oxygen atoms in total. The van der Waals surface area contributed by atoms with Gasteiger partial charge < -0.3 is 14.6 Å². The number of aliphatic hydroxyl groups excluding tert-OH is 1. The van der Waals surface area contributed by atoms with Gasteiger partial charge >= 0.3 is 10.1 Å². The van der Waals surface area contributed by atoms with Crippen LogP contribution in [0.3, 0.4) is 0 Å². The Bertz CT molecular complexity index is 686. The highest BCUT2D eigenvalue weighted by Crippen LogP contribution is 2.27. The molecular formula is C15H17NO4S. The minimum absolute atomic E-state index is 0.0721. The minimum Gasteiger partial charge on any atom is -0.387 e. The van der Waals surface area contributed by atoms with Crippen molar-refractivity contribution < 1.29 is 17.7 Å². The Morgan fingerprint density at radius 2 is 1.71 bits per heavy atom. The summed E-state index contributed by atoms with van der Waals surface area (Å²) in [7, 11) is -2.21. The highest BCUT2D eigenvalue weighted by molar-refractivity contribution is 7.87. The number of benzene rings is 2. The van der Waals surface area contributed by atoms with Gasteiger partial charge in [-0.1, -0.05) is 36.4 Å². The van der Waals surface area contributed by atoms with Crippen molar-refractivity contribution in [3.8, 4) is 5.75 Å². The van der Waals surface area contributed by atoms with Crippen molar-refractivity contribution in [2.45, 2.75) is 11.0 Å². The van der Waals surface area contributed by atoms with E-state index >= 15 is 0 Å². The highest BCUT2D eigenvalue weighted by Gasteiger charge is 2.20. The standard InChI is InChI=1S/C15H17NO4S/c1-16-11-14(17)13-9-5-6-10-15(13)20-21(18,19)12-7-3-2-4-8-12/h2-10,14,16-17H,11H2,1H3/t14-/m1/s1. The predicted molar refractivity (Wildman–Crippen MR) is 79.6 cm³/mol. The van der Waals surface area contributed by atoms with Crippen LogP contribution in [0.4, 0.5) is 0 Å². The zero-order chi connectivity index (χ0) is 15.3. The van der Waals surface area contributed by atoms with Gasteiger partial charge in [0.2, 0.25) is 0 Å². The monoisotopic (exact) mass is 307 g/mol. The summed E-state index contributed by atoms with van der Waals surface area (Å²) in [4.78, 5) is 0.0721. The maximum atomic E-state index is 12.2. The highest BCUT2D eigenvalue weighted by atomic mass is 32.2. The van der Waals surface area contributed by atoms with Gasteiger partial charge in [-0.05, 0) is 25.2 Å². The van der Waals surface area contributed by atoms with Crippen LogP contribution in [0, 0.1) is 0 Å². The second kappa shape index (κ2) is 6.71. The van der Waals surface area contributed by atoms with Crippen LogP contribution in [0.1, 0.15) is 11.7 Å². The van der Waals surface area contributed by atoms with Gasteiger partial charge in [0.05, 0.1) is 6.10 Å². The Kier molecular flexibility index (Phi) is 4.95. The van der Waals surface area contributed by atoms with Crippen molar-refractivity contribution in [1.82, 2.24) is 5.32 Å². The lowest BCUT2D eigenvalue weighted by Crippen LogP contribution is -2.18. The van der Waals surface area contributed by atoms with Gasteiger partial charge in [-0.2, -0.15) is 8.42 Å². The fourth-order valence-corrected chi connectivity index (χ4v) is 2.86. The molecule has 0 saturated carbocycles. The fraction of sp³-hybridized carbons (Fsp3) is 0.200. The van der Waals surface area contributed by atoms with Crippen LogP contribution in [0.2, 0.25) is 0 Å². The molecule has 6 heteroatoms. The van der Waals surface area contributed by atoms with E-state index in [0.29, 0.717) is 12.1 Å². The number of nitrogens with one attached hydrogen (secondary N) is 1. The zero-order valence-corrected chi connectivity index (χ0v) is 12.4. The van der Waals surface area contributed by atoms with Crippen LogP contribution >= 0.6 is 0 Å². The van der Waals surface area contributed by atoms with E-state index in [1.807, 2.05) is 0 Å².